The molecule has 2 heterocycles. The van der Waals surface area contributed by atoms with E-state index in [9.17, 15) is 10.2 Å². The van der Waals surface area contributed by atoms with Crippen LogP contribution in [0.5, 0.6) is 17.2 Å². The summed E-state index contributed by atoms with van der Waals surface area (Å²) in [7, 11) is 0. The molecule has 0 aliphatic carbocycles. The van der Waals surface area contributed by atoms with E-state index in [0.29, 0.717) is 30.8 Å². The monoisotopic (exact) mass is 712 g/mol. The third kappa shape index (κ3) is 12.7. The molecule has 2 aliphatic rings. The van der Waals surface area contributed by atoms with Crippen molar-refractivity contribution in [3.05, 3.63) is 125 Å². The molecule has 7 heteroatoms. The first kappa shape index (κ1) is 40.9. The lowest BCUT2D eigenvalue weighted by Gasteiger charge is -2.27. The molecule has 4 aromatic rings. The predicted molar refractivity (Wildman–Crippen MR) is 209 cm³/mol. The maximum absolute atomic E-state index is 9.95. The van der Waals surface area contributed by atoms with Crippen LogP contribution in [0.25, 0.3) is 0 Å². The highest BCUT2D eigenvalue weighted by Crippen LogP contribution is 2.34. The quantitative estimate of drug-likeness (QED) is 0.112. The summed E-state index contributed by atoms with van der Waals surface area (Å²) in [6.45, 7) is 20.2. The summed E-state index contributed by atoms with van der Waals surface area (Å²) < 4.78 is 21.1. The Morgan fingerprint density at radius 2 is 1.04 bits per heavy atom. The van der Waals surface area contributed by atoms with E-state index in [1.807, 2.05) is 36.4 Å². The second-order valence-electron chi connectivity index (χ2n) is 15.6. The molecule has 3 N–H and O–H groups in total. The molecule has 2 saturated heterocycles. The smallest absolute Gasteiger partial charge is 0.119 e. The average Bonchev–Trinajstić information content (AvgIpc) is 4.06. The lowest BCUT2D eigenvalue weighted by atomic mass is 9.77. The Labute approximate surface area is 311 Å². The minimum Gasteiger partial charge on any atom is -0.508 e. The summed E-state index contributed by atoms with van der Waals surface area (Å²) in [5.41, 5.74) is 6.13. The summed E-state index contributed by atoms with van der Waals surface area (Å²) in [4.78, 5) is 0. The number of ether oxygens (including phenoxy) is 4. The molecule has 0 radical (unpaired) electrons. The van der Waals surface area contributed by atoms with Gasteiger partial charge in [-0.1, -0.05) is 116 Å². The third-order valence-electron chi connectivity index (χ3n) is 9.67. The number of epoxide rings is 2. The van der Waals surface area contributed by atoms with Gasteiger partial charge >= 0.3 is 0 Å². The van der Waals surface area contributed by atoms with Crippen LogP contribution in [0, 0.1) is 5.92 Å². The van der Waals surface area contributed by atoms with Crippen LogP contribution in [0.4, 0.5) is 0 Å². The molecule has 0 spiro atoms. The highest BCUT2D eigenvalue weighted by atomic mass is 16.6. The molecule has 3 unspecified atom stereocenters. The van der Waals surface area contributed by atoms with Crippen LogP contribution in [0.2, 0.25) is 0 Å². The number of rotatable bonds is 14. The zero-order valence-corrected chi connectivity index (χ0v) is 32.3. The van der Waals surface area contributed by atoms with Crippen molar-refractivity contribution in [2.24, 2.45) is 5.92 Å². The van der Waals surface area contributed by atoms with Gasteiger partial charge in [-0.15, -0.1) is 0 Å². The normalized spacial score (nSPS) is 17.0. The van der Waals surface area contributed by atoms with Crippen molar-refractivity contribution in [2.75, 3.05) is 33.0 Å². The van der Waals surface area contributed by atoms with Gasteiger partial charge in [-0.3, -0.25) is 0 Å². The van der Waals surface area contributed by atoms with Crippen LogP contribution >= 0.6 is 0 Å². The van der Waals surface area contributed by atoms with Crippen molar-refractivity contribution in [3.63, 3.8) is 0 Å². The maximum Gasteiger partial charge on any atom is 0.119 e. The number of aromatic hydroxyl groups is 1. The Balaban J connectivity index is 0.000000208. The van der Waals surface area contributed by atoms with Crippen molar-refractivity contribution in [1.82, 2.24) is 0 Å². The molecule has 0 bridgehead atoms. The summed E-state index contributed by atoms with van der Waals surface area (Å²) >= 11 is 0. The first-order valence-corrected chi connectivity index (χ1v) is 18.6. The van der Waals surface area contributed by atoms with E-state index in [0.717, 1.165) is 31.1 Å². The zero-order chi connectivity index (χ0) is 37.9. The third-order valence-corrected chi connectivity index (χ3v) is 9.67. The average molecular weight is 713 g/mol. The largest absolute Gasteiger partial charge is 0.508 e. The Bertz CT molecular complexity index is 1600. The molecule has 4 aromatic carbocycles. The molecule has 7 nitrogen and oxygen atoms in total. The molecule has 0 aromatic heterocycles. The Morgan fingerprint density at radius 1 is 0.635 bits per heavy atom. The van der Waals surface area contributed by atoms with Crippen LogP contribution in [0.3, 0.4) is 0 Å². The van der Waals surface area contributed by atoms with Crippen LogP contribution in [-0.4, -0.2) is 66.7 Å². The standard InChI is InChI=1S/C24H34O2.C18H20O3.C3H6O2/c1-17(2)15-22(25)16-26-23-13-11-21(12-14-23)24(5,6)20-9-7-19(8-10-20)18(3)4;1-18(2,13-3-7-15(19)8-4-13)14-5-9-16(10-6-14)20-11-17-12-21-17;4-1-3-2-5-3/h7-14,17-18,22,25H,15-16H2,1-6H3;3-10,17,19H,11-12H2,1-2H3;3-4H,1-2H2. The van der Waals surface area contributed by atoms with E-state index < -0.39 is 6.10 Å². The number of phenols is 1. The molecule has 3 atom stereocenters. The van der Waals surface area contributed by atoms with Crippen molar-refractivity contribution in [2.45, 2.75) is 96.9 Å². The van der Waals surface area contributed by atoms with Gasteiger partial charge in [-0.25, -0.2) is 0 Å². The fraction of sp³-hybridized carbons (Fsp3) is 0.467. The summed E-state index contributed by atoms with van der Waals surface area (Å²) in [6.07, 6.45) is 0.816. The predicted octanol–water partition coefficient (Wildman–Crippen LogP) is 8.79. The van der Waals surface area contributed by atoms with Gasteiger partial charge in [0.2, 0.25) is 0 Å². The highest BCUT2D eigenvalue weighted by molar-refractivity contribution is 5.42. The molecule has 2 aliphatic heterocycles. The maximum atomic E-state index is 9.95. The second kappa shape index (κ2) is 18.7. The Hall–Kier alpha value is -3.88. The van der Waals surface area contributed by atoms with Gasteiger partial charge in [0.15, 0.2) is 0 Å². The van der Waals surface area contributed by atoms with E-state index >= 15 is 0 Å². The van der Waals surface area contributed by atoms with E-state index in [1.54, 1.807) is 12.1 Å². The van der Waals surface area contributed by atoms with Crippen molar-refractivity contribution < 1.29 is 34.3 Å². The minimum absolute atomic E-state index is 0.0643. The van der Waals surface area contributed by atoms with E-state index in [4.69, 9.17) is 19.3 Å². The van der Waals surface area contributed by atoms with Crippen molar-refractivity contribution >= 4 is 0 Å². The molecular formula is C45H60O7. The van der Waals surface area contributed by atoms with E-state index in [2.05, 4.69) is 109 Å². The lowest BCUT2D eigenvalue weighted by molar-refractivity contribution is 0.0892. The number of phenolic OH excluding ortho intramolecular Hbond substituents is 1. The number of benzene rings is 4. The van der Waals surface area contributed by atoms with Crippen molar-refractivity contribution in [1.29, 1.82) is 0 Å². The van der Waals surface area contributed by atoms with Gasteiger partial charge in [-0.05, 0) is 82.5 Å². The minimum atomic E-state index is -0.411. The number of hydrogen-bond acceptors (Lipinski definition) is 7. The molecule has 6 rings (SSSR count). The summed E-state index contributed by atoms with van der Waals surface area (Å²) in [5.74, 6) is 2.99. The van der Waals surface area contributed by atoms with Crippen LogP contribution in [0.15, 0.2) is 97.1 Å². The molecule has 52 heavy (non-hydrogen) atoms. The summed E-state index contributed by atoms with van der Waals surface area (Å²) in [6, 6.07) is 32.8. The zero-order valence-electron chi connectivity index (χ0n) is 32.3. The van der Waals surface area contributed by atoms with Crippen LogP contribution < -0.4 is 9.47 Å². The molecule has 0 amide bonds. The second-order valence-corrected chi connectivity index (χ2v) is 15.6. The Kier molecular flexibility index (Phi) is 14.7. The fourth-order valence-corrected chi connectivity index (χ4v) is 5.76. The number of aliphatic hydroxyl groups is 2. The van der Waals surface area contributed by atoms with Gasteiger partial charge in [0.1, 0.15) is 42.7 Å². The van der Waals surface area contributed by atoms with Crippen LogP contribution in [0.1, 0.15) is 95.5 Å². The first-order valence-electron chi connectivity index (χ1n) is 18.6. The molecule has 282 valence electrons. The van der Waals surface area contributed by atoms with Gasteiger partial charge in [0, 0.05) is 10.8 Å². The summed E-state index contributed by atoms with van der Waals surface area (Å²) in [5, 5.41) is 27.4. The topological polar surface area (TPSA) is 104 Å². The van der Waals surface area contributed by atoms with E-state index in [-0.39, 0.29) is 29.6 Å². The van der Waals surface area contributed by atoms with Crippen molar-refractivity contribution in [3.8, 4) is 17.2 Å². The molecule has 0 saturated carbocycles. The van der Waals surface area contributed by atoms with Gasteiger partial charge in [0.05, 0.1) is 25.9 Å². The number of aliphatic hydroxyl groups excluding tert-OH is 2. The molecular weight excluding hydrogens is 652 g/mol. The highest BCUT2D eigenvalue weighted by Gasteiger charge is 2.25. The van der Waals surface area contributed by atoms with Gasteiger partial charge < -0.3 is 34.3 Å². The number of hydrogen-bond donors (Lipinski definition) is 3. The fourth-order valence-electron chi connectivity index (χ4n) is 5.76. The first-order chi connectivity index (χ1) is 24.7. The van der Waals surface area contributed by atoms with Crippen LogP contribution in [-0.2, 0) is 20.3 Å². The van der Waals surface area contributed by atoms with Gasteiger partial charge in [0.25, 0.3) is 0 Å². The Morgan fingerprint density at radius 3 is 1.40 bits per heavy atom. The van der Waals surface area contributed by atoms with Gasteiger partial charge in [-0.2, -0.15) is 0 Å². The lowest BCUT2D eigenvalue weighted by Crippen LogP contribution is -2.20. The molecule has 2 fully saturated rings. The van der Waals surface area contributed by atoms with E-state index in [1.165, 1.54) is 27.8 Å². The SMILES string of the molecule is CC(C)(c1ccc(O)cc1)c1ccc(OCC2CO2)cc1.CC(C)CC(O)COc1ccc(C(C)(C)c2ccc(C(C)C)cc2)cc1.OCC1CO1.